The Kier molecular flexibility index (Phi) is 4.63. The number of non-ortho nitro benzene ring substituents is 1. The monoisotopic (exact) mass is 237 g/mol. The summed E-state index contributed by atoms with van der Waals surface area (Å²) in [5, 5.41) is 19.5. The molecule has 1 rings (SSSR count). The van der Waals surface area contributed by atoms with Crippen LogP contribution in [0.15, 0.2) is 24.3 Å². The van der Waals surface area contributed by atoms with Gasteiger partial charge in [-0.25, -0.2) is 0 Å². The molecule has 1 N–H and O–H groups in total. The second-order valence-corrected chi connectivity index (χ2v) is 3.95. The third-order valence-electron chi connectivity index (χ3n) is 2.62. The standard InChI is InChI=1S/C12H15NO4/c1-2-3-10(12(14)15)8-9-4-6-11(7-5-9)13(16)17/h4-7,10H,2-3,8H2,1H3,(H,14,15). The van der Waals surface area contributed by atoms with Crippen molar-refractivity contribution in [2.24, 2.45) is 5.92 Å². The van der Waals surface area contributed by atoms with E-state index < -0.39 is 16.8 Å². The van der Waals surface area contributed by atoms with Gasteiger partial charge < -0.3 is 5.11 Å². The third kappa shape index (κ3) is 3.86. The summed E-state index contributed by atoms with van der Waals surface area (Å²) in [4.78, 5) is 20.9. The van der Waals surface area contributed by atoms with E-state index in [0.29, 0.717) is 12.8 Å². The van der Waals surface area contributed by atoms with Gasteiger partial charge in [-0.15, -0.1) is 0 Å². The summed E-state index contributed by atoms with van der Waals surface area (Å²) in [6.07, 6.45) is 1.84. The van der Waals surface area contributed by atoms with Crippen LogP contribution >= 0.6 is 0 Å². The van der Waals surface area contributed by atoms with Crippen LogP contribution in [0.1, 0.15) is 25.3 Å². The highest BCUT2D eigenvalue weighted by molar-refractivity contribution is 5.70. The average molecular weight is 237 g/mol. The normalized spacial score (nSPS) is 12.1. The van der Waals surface area contributed by atoms with Gasteiger partial charge in [-0.2, -0.15) is 0 Å². The van der Waals surface area contributed by atoms with E-state index in [0.717, 1.165) is 12.0 Å². The molecule has 0 radical (unpaired) electrons. The second-order valence-electron chi connectivity index (χ2n) is 3.95. The van der Waals surface area contributed by atoms with Crippen molar-refractivity contribution in [3.8, 4) is 0 Å². The molecule has 0 fully saturated rings. The predicted molar refractivity (Wildman–Crippen MR) is 62.8 cm³/mol. The Bertz CT molecular complexity index is 399. The van der Waals surface area contributed by atoms with Gasteiger partial charge in [-0.05, 0) is 18.4 Å². The fourth-order valence-corrected chi connectivity index (χ4v) is 1.70. The van der Waals surface area contributed by atoms with Crippen LogP contribution in [-0.4, -0.2) is 16.0 Å². The molecule has 0 saturated carbocycles. The van der Waals surface area contributed by atoms with Gasteiger partial charge in [0.25, 0.3) is 5.69 Å². The van der Waals surface area contributed by atoms with Crippen LogP contribution in [0, 0.1) is 16.0 Å². The van der Waals surface area contributed by atoms with Gasteiger partial charge in [0, 0.05) is 12.1 Å². The van der Waals surface area contributed by atoms with Crippen LogP contribution in [0.3, 0.4) is 0 Å². The van der Waals surface area contributed by atoms with Crippen molar-refractivity contribution in [2.45, 2.75) is 26.2 Å². The van der Waals surface area contributed by atoms with Gasteiger partial charge in [0.15, 0.2) is 0 Å². The SMILES string of the molecule is CCCC(Cc1ccc([N+](=O)[O-])cc1)C(=O)O. The summed E-state index contributed by atoms with van der Waals surface area (Å²) in [7, 11) is 0. The van der Waals surface area contributed by atoms with E-state index in [2.05, 4.69) is 0 Å². The molecular weight excluding hydrogens is 222 g/mol. The minimum Gasteiger partial charge on any atom is -0.481 e. The quantitative estimate of drug-likeness (QED) is 0.609. The molecular formula is C12H15NO4. The number of carbonyl (C=O) groups is 1. The number of nitro benzene ring substituents is 1. The molecule has 0 heterocycles. The molecule has 5 heteroatoms. The first-order valence-corrected chi connectivity index (χ1v) is 5.50. The molecule has 0 amide bonds. The van der Waals surface area contributed by atoms with Gasteiger partial charge in [0.2, 0.25) is 0 Å². The Labute approximate surface area is 99.2 Å². The fraction of sp³-hybridized carbons (Fsp3) is 0.417. The minimum atomic E-state index is -0.815. The summed E-state index contributed by atoms with van der Waals surface area (Å²) >= 11 is 0. The van der Waals surface area contributed by atoms with E-state index in [1.807, 2.05) is 6.92 Å². The summed E-state index contributed by atoms with van der Waals surface area (Å²) in [5.41, 5.74) is 0.840. The summed E-state index contributed by atoms with van der Waals surface area (Å²) in [5.74, 6) is -1.23. The number of aliphatic carboxylic acids is 1. The van der Waals surface area contributed by atoms with Gasteiger partial charge in [-0.3, -0.25) is 14.9 Å². The zero-order valence-corrected chi connectivity index (χ0v) is 9.63. The number of rotatable bonds is 6. The molecule has 1 unspecified atom stereocenters. The summed E-state index contributed by atoms with van der Waals surface area (Å²) in [6, 6.07) is 6.04. The maximum absolute atomic E-state index is 11.0. The third-order valence-corrected chi connectivity index (χ3v) is 2.62. The molecule has 92 valence electrons. The molecule has 0 aliphatic carbocycles. The lowest BCUT2D eigenvalue weighted by molar-refractivity contribution is -0.384. The number of hydrogen-bond donors (Lipinski definition) is 1. The van der Waals surface area contributed by atoms with E-state index in [9.17, 15) is 14.9 Å². The van der Waals surface area contributed by atoms with Gasteiger partial charge in [0.1, 0.15) is 0 Å². The van der Waals surface area contributed by atoms with Crippen molar-refractivity contribution in [1.82, 2.24) is 0 Å². The molecule has 1 aromatic rings. The zero-order chi connectivity index (χ0) is 12.8. The van der Waals surface area contributed by atoms with Gasteiger partial charge in [-0.1, -0.05) is 25.5 Å². The first kappa shape index (κ1) is 13.2. The number of carboxylic acid groups (broad SMARTS) is 1. The van der Waals surface area contributed by atoms with E-state index in [1.54, 1.807) is 12.1 Å². The molecule has 0 saturated heterocycles. The highest BCUT2D eigenvalue weighted by Gasteiger charge is 2.17. The average Bonchev–Trinajstić information content (AvgIpc) is 2.29. The Morgan fingerprint density at radius 3 is 2.41 bits per heavy atom. The highest BCUT2D eigenvalue weighted by atomic mass is 16.6. The lowest BCUT2D eigenvalue weighted by atomic mass is 9.95. The van der Waals surface area contributed by atoms with E-state index in [1.165, 1.54) is 12.1 Å². The molecule has 0 aliphatic heterocycles. The predicted octanol–water partition coefficient (Wildman–Crippen LogP) is 2.64. The van der Waals surface area contributed by atoms with Crippen LogP contribution in [0.5, 0.6) is 0 Å². The minimum absolute atomic E-state index is 0.0242. The number of nitrogens with zero attached hydrogens (tertiary/aromatic N) is 1. The van der Waals surface area contributed by atoms with Crippen molar-refractivity contribution in [1.29, 1.82) is 0 Å². The first-order chi connectivity index (χ1) is 8.04. The van der Waals surface area contributed by atoms with Crippen LogP contribution in [0.2, 0.25) is 0 Å². The molecule has 0 aromatic heterocycles. The lowest BCUT2D eigenvalue weighted by Gasteiger charge is -2.10. The Balaban J connectivity index is 2.73. The maximum atomic E-state index is 11.0. The first-order valence-electron chi connectivity index (χ1n) is 5.50. The van der Waals surface area contributed by atoms with Crippen molar-refractivity contribution < 1.29 is 14.8 Å². The smallest absolute Gasteiger partial charge is 0.306 e. The number of carboxylic acids is 1. The van der Waals surface area contributed by atoms with Crippen LogP contribution in [0.4, 0.5) is 5.69 Å². The maximum Gasteiger partial charge on any atom is 0.306 e. The summed E-state index contributed by atoms with van der Waals surface area (Å²) < 4.78 is 0. The zero-order valence-electron chi connectivity index (χ0n) is 9.63. The molecule has 5 nitrogen and oxygen atoms in total. The van der Waals surface area contributed by atoms with E-state index in [-0.39, 0.29) is 5.69 Å². The largest absolute Gasteiger partial charge is 0.481 e. The number of benzene rings is 1. The van der Waals surface area contributed by atoms with Gasteiger partial charge >= 0.3 is 5.97 Å². The molecule has 0 aliphatic rings. The van der Waals surface area contributed by atoms with E-state index >= 15 is 0 Å². The topological polar surface area (TPSA) is 80.4 Å². The van der Waals surface area contributed by atoms with Crippen molar-refractivity contribution >= 4 is 11.7 Å². The van der Waals surface area contributed by atoms with Gasteiger partial charge in [0.05, 0.1) is 10.8 Å². The van der Waals surface area contributed by atoms with Crippen LogP contribution < -0.4 is 0 Å². The molecule has 1 atom stereocenters. The highest BCUT2D eigenvalue weighted by Crippen LogP contribution is 2.17. The fourth-order valence-electron chi connectivity index (χ4n) is 1.70. The van der Waals surface area contributed by atoms with E-state index in [4.69, 9.17) is 5.11 Å². The number of nitro groups is 1. The van der Waals surface area contributed by atoms with Crippen LogP contribution in [-0.2, 0) is 11.2 Å². The molecule has 0 spiro atoms. The summed E-state index contributed by atoms with van der Waals surface area (Å²) in [6.45, 7) is 1.94. The molecule has 0 bridgehead atoms. The Hall–Kier alpha value is -1.91. The molecule has 1 aromatic carbocycles. The second kappa shape index (κ2) is 5.98. The number of hydrogen-bond acceptors (Lipinski definition) is 3. The molecule has 17 heavy (non-hydrogen) atoms. The van der Waals surface area contributed by atoms with Crippen molar-refractivity contribution in [3.05, 3.63) is 39.9 Å². The van der Waals surface area contributed by atoms with Crippen molar-refractivity contribution in [2.75, 3.05) is 0 Å². The Morgan fingerprint density at radius 2 is 2.00 bits per heavy atom. The van der Waals surface area contributed by atoms with Crippen molar-refractivity contribution in [3.63, 3.8) is 0 Å². The Morgan fingerprint density at radius 1 is 1.41 bits per heavy atom. The lowest BCUT2D eigenvalue weighted by Crippen LogP contribution is -2.16. The van der Waals surface area contributed by atoms with Crippen LogP contribution in [0.25, 0.3) is 0 Å².